The van der Waals surface area contributed by atoms with Crippen molar-refractivity contribution in [1.82, 2.24) is 10.3 Å². The first kappa shape index (κ1) is 17.5. The van der Waals surface area contributed by atoms with Crippen LogP contribution >= 0.6 is 0 Å². The summed E-state index contributed by atoms with van der Waals surface area (Å²) in [7, 11) is 0. The maximum absolute atomic E-state index is 12.3. The fraction of sp³-hybridized carbons (Fsp3) is 0.278. The van der Waals surface area contributed by atoms with Crippen LogP contribution in [0.4, 0.5) is 0 Å². The van der Waals surface area contributed by atoms with Crippen LogP contribution in [0.3, 0.4) is 0 Å². The van der Waals surface area contributed by atoms with Crippen molar-refractivity contribution >= 4 is 11.9 Å². The second-order valence-electron chi connectivity index (χ2n) is 5.66. The number of amides is 1. The lowest BCUT2D eigenvalue weighted by Gasteiger charge is -2.19. The first-order valence-electron chi connectivity index (χ1n) is 7.76. The zero-order valence-corrected chi connectivity index (χ0v) is 13.6. The Morgan fingerprint density at radius 2 is 1.83 bits per heavy atom. The average molecular weight is 328 g/mol. The van der Waals surface area contributed by atoms with E-state index in [1.54, 1.807) is 13.0 Å². The van der Waals surface area contributed by atoms with Gasteiger partial charge in [-0.3, -0.25) is 9.59 Å². The molecule has 1 amide bonds. The zero-order valence-electron chi connectivity index (χ0n) is 13.6. The van der Waals surface area contributed by atoms with Crippen LogP contribution in [0, 0.1) is 5.92 Å². The number of nitrogens with one attached hydrogen (secondary N) is 2. The second kappa shape index (κ2) is 7.59. The lowest BCUT2D eigenvalue weighted by atomic mass is 9.99. The molecule has 1 aromatic carbocycles. The van der Waals surface area contributed by atoms with Crippen LogP contribution in [-0.2, 0) is 4.79 Å². The third-order valence-corrected chi connectivity index (χ3v) is 4.00. The summed E-state index contributed by atoms with van der Waals surface area (Å²) >= 11 is 0. The molecule has 0 bridgehead atoms. The Labute approximate surface area is 139 Å². The quantitative estimate of drug-likeness (QED) is 0.757. The summed E-state index contributed by atoms with van der Waals surface area (Å²) in [6.07, 6.45) is 0.598. The molecule has 0 aliphatic carbocycles. The van der Waals surface area contributed by atoms with Gasteiger partial charge >= 0.3 is 5.97 Å². The molecule has 6 heteroatoms. The molecule has 6 nitrogen and oxygen atoms in total. The van der Waals surface area contributed by atoms with Gasteiger partial charge in [0.05, 0.1) is 0 Å². The lowest BCUT2D eigenvalue weighted by molar-refractivity contribution is -0.140. The Kier molecular flexibility index (Phi) is 5.52. The summed E-state index contributed by atoms with van der Waals surface area (Å²) in [6, 6.07) is 11.2. The van der Waals surface area contributed by atoms with E-state index in [1.165, 1.54) is 6.07 Å². The molecule has 0 radical (unpaired) electrons. The highest BCUT2D eigenvalue weighted by molar-refractivity contribution is 5.96. The van der Waals surface area contributed by atoms with Crippen LogP contribution in [0.25, 0.3) is 11.3 Å². The van der Waals surface area contributed by atoms with Crippen molar-refractivity contribution < 1.29 is 14.7 Å². The van der Waals surface area contributed by atoms with E-state index in [0.717, 1.165) is 5.56 Å². The Hall–Kier alpha value is -2.89. The minimum absolute atomic E-state index is 0.107. The molecular formula is C18H20N2O4. The van der Waals surface area contributed by atoms with Crippen LogP contribution in [0.1, 0.15) is 30.6 Å². The normalized spacial score (nSPS) is 13.1. The smallest absolute Gasteiger partial charge is 0.326 e. The average Bonchev–Trinajstić information content (AvgIpc) is 2.59. The summed E-state index contributed by atoms with van der Waals surface area (Å²) in [5.74, 6) is -2.05. The van der Waals surface area contributed by atoms with Gasteiger partial charge in [0.1, 0.15) is 11.6 Å². The fourth-order valence-corrected chi connectivity index (χ4v) is 2.34. The molecule has 0 fully saturated rings. The number of carbonyl (C=O) groups is 2. The summed E-state index contributed by atoms with van der Waals surface area (Å²) < 4.78 is 0. The number of aliphatic carboxylic acids is 1. The topological polar surface area (TPSA) is 99.3 Å². The van der Waals surface area contributed by atoms with Crippen molar-refractivity contribution in [2.75, 3.05) is 0 Å². The summed E-state index contributed by atoms with van der Waals surface area (Å²) in [4.78, 5) is 38.4. The standard InChI is InChI=1S/C18H20N2O4/c1-3-11(2)15(18(23)24)20-17(22)13-9-10-14(19-16(13)21)12-7-5-4-6-8-12/h4-11,15H,3H2,1-2H3,(H,19,21)(H,20,22)(H,23,24)/t11-,15-/m0/s1. The number of hydrogen-bond acceptors (Lipinski definition) is 3. The molecule has 0 aliphatic heterocycles. The molecule has 1 aromatic heterocycles. The van der Waals surface area contributed by atoms with Crippen molar-refractivity contribution in [1.29, 1.82) is 0 Å². The van der Waals surface area contributed by atoms with Gasteiger partial charge in [-0.15, -0.1) is 0 Å². The number of benzene rings is 1. The molecular weight excluding hydrogens is 308 g/mol. The van der Waals surface area contributed by atoms with E-state index >= 15 is 0 Å². The molecule has 0 saturated heterocycles. The number of rotatable bonds is 6. The highest BCUT2D eigenvalue weighted by Gasteiger charge is 2.26. The van der Waals surface area contributed by atoms with Crippen molar-refractivity contribution in [2.24, 2.45) is 5.92 Å². The Morgan fingerprint density at radius 3 is 2.38 bits per heavy atom. The third kappa shape index (κ3) is 3.90. The number of carbonyl (C=O) groups excluding carboxylic acids is 1. The van der Waals surface area contributed by atoms with Crippen molar-refractivity contribution in [3.05, 3.63) is 58.4 Å². The number of hydrogen-bond donors (Lipinski definition) is 3. The van der Waals surface area contributed by atoms with E-state index in [2.05, 4.69) is 10.3 Å². The van der Waals surface area contributed by atoms with Gasteiger partial charge in [0.2, 0.25) is 0 Å². The van der Waals surface area contributed by atoms with E-state index in [1.807, 2.05) is 37.3 Å². The molecule has 0 aliphatic rings. The zero-order chi connectivity index (χ0) is 17.7. The van der Waals surface area contributed by atoms with Crippen LogP contribution in [0.2, 0.25) is 0 Å². The number of aromatic nitrogens is 1. The van der Waals surface area contributed by atoms with Gasteiger partial charge in [0.25, 0.3) is 11.5 Å². The van der Waals surface area contributed by atoms with Gasteiger partial charge in [-0.1, -0.05) is 50.6 Å². The van der Waals surface area contributed by atoms with Gasteiger partial charge in [-0.25, -0.2) is 4.79 Å². The van der Waals surface area contributed by atoms with Gasteiger partial charge < -0.3 is 15.4 Å². The van der Waals surface area contributed by atoms with Gasteiger partial charge in [-0.2, -0.15) is 0 Å². The Bertz CT molecular complexity index is 783. The van der Waals surface area contributed by atoms with Crippen molar-refractivity contribution in [3.8, 4) is 11.3 Å². The maximum Gasteiger partial charge on any atom is 0.326 e. The minimum atomic E-state index is -1.12. The number of carboxylic acid groups (broad SMARTS) is 1. The molecule has 0 saturated carbocycles. The Morgan fingerprint density at radius 1 is 1.17 bits per heavy atom. The number of pyridine rings is 1. The van der Waals surface area contributed by atoms with E-state index in [-0.39, 0.29) is 11.5 Å². The van der Waals surface area contributed by atoms with E-state index < -0.39 is 23.5 Å². The van der Waals surface area contributed by atoms with Crippen molar-refractivity contribution in [3.63, 3.8) is 0 Å². The highest BCUT2D eigenvalue weighted by atomic mass is 16.4. The molecule has 126 valence electrons. The first-order chi connectivity index (χ1) is 11.4. The fourth-order valence-electron chi connectivity index (χ4n) is 2.34. The second-order valence-corrected chi connectivity index (χ2v) is 5.66. The number of aromatic amines is 1. The molecule has 2 atom stereocenters. The van der Waals surface area contributed by atoms with E-state index in [0.29, 0.717) is 12.1 Å². The molecule has 2 rings (SSSR count). The van der Waals surface area contributed by atoms with Gasteiger partial charge in [0.15, 0.2) is 0 Å². The molecule has 24 heavy (non-hydrogen) atoms. The number of carboxylic acids is 1. The first-order valence-corrected chi connectivity index (χ1v) is 7.76. The summed E-state index contributed by atoms with van der Waals surface area (Å²) in [5, 5.41) is 11.7. The van der Waals surface area contributed by atoms with E-state index in [9.17, 15) is 19.5 Å². The minimum Gasteiger partial charge on any atom is -0.480 e. The molecule has 0 spiro atoms. The van der Waals surface area contributed by atoms with Crippen LogP contribution < -0.4 is 10.9 Å². The van der Waals surface area contributed by atoms with Crippen molar-refractivity contribution in [2.45, 2.75) is 26.3 Å². The molecule has 2 aromatic rings. The third-order valence-electron chi connectivity index (χ3n) is 4.00. The summed E-state index contributed by atoms with van der Waals surface area (Å²) in [6.45, 7) is 3.58. The monoisotopic (exact) mass is 328 g/mol. The number of H-pyrrole nitrogens is 1. The van der Waals surface area contributed by atoms with Gasteiger partial charge in [-0.05, 0) is 23.6 Å². The highest BCUT2D eigenvalue weighted by Crippen LogP contribution is 2.15. The van der Waals surface area contributed by atoms with E-state index in [4.69, 9.17) is 0 Å². The van der Waals surface area contributed by atoms with Gasteiger partial charge in [0, 0.05) is 5.69 Å². The molecule has 1 heterocycles. The predicted molar refractivity (Wildman–Crippen MR) is 90.8 cm³/mol. The predicted octanol–water partition coefficient (Wildman–Crippen LogP) is 2.27. The molecule has 0 unspecified atom stereocenters. The maximum atomic E-state index is 12.3. The Balaban J connectivity index is 2.24. The van der Waals surface area contributed by atoms with Crippen LogP contribution in [0.15, 0.2) is 47.3 Å². The van der Waals surface area contributed by atoms with Crippen LogP contribution in [-0.4, -0.2) is 28.0 Å². The van der Waals surface area contributed by atoms with Crippen LogP contribution in [0.5, 0.6) is 0 Å². The molecule has 3 N–H and O–H groups in total. The summed E-state index contributed by atoms with van der Waals surface area (Å²) in [5.41, 5.74) is 0.754. The largest absolute Gasteiger partial charge is 0.480 e. The lowest BCUT2D eigenvalue weighted by Crippen LogP contribution is -2.46. The SMILES string of the molecule is CC[C@H](C)[C@H](NC(=O)c1ccc(-c2ccccc2)[nH]c1=O)C(=O)O.